The van der Waals surface area contributed by atoms with Crippen LogP contribution in [0.4, 0.5) is 0 Å². The zero-order valence-electron chi connectivity index (χ0n) is 16.2. The van der Waals surface area contributed by atoms with Crippen LogP contribution in [0.5, 0.6) is 0 Å². The van der Waals surface area contributed by atoms with Gasteiger partial charge in [0.25, 0.3) is 0 Å². The third kappa shape index (κ3) is 3.53. The van der Waals surface area contributed by atoms with Crippen LogP contribution in [0.15, 0.2) is 18.2 Å². The van der Waals surface area contributed by atoms with Crippen molar-refractivity contribution in [1.29, 1.82) is 0 Å². The highest BCUT2D eigenvalue weighted by molar-refractivity contribution is 6.30. The molecule has 1 fully saturated rings. The van der Waals surface area contributed by atoms with E-state index in [9.17, 15) is 0 Å². The Kier molecular flexibility index (Phi) is 5.28. The summed E-state index contributed by atoms with van der Waals surface area (Å²) in [4.78, 5) is 0. The van der Waals surface area contributed by atoms with E-state index >= 15 is 0 Å². The fraction of sp³-hybridized carbons (Fsp3) is 0.619. The van der Waals surface area contributed by atoms with Crippen molar-refractivity contribution >= 4 is 11.6 Å². The van der Waals surface area contributed by atoms with Crippen LogP contribution in [-0.2, 0) is 17.6 Å². The van der Waals surface area contributed by atoms with Crippen molar-refractivity contribution < 1.29 is 4.74 Å². The van der Waals surface area contributed by atoms with Crippen LogP contribution in [0.3, 0.4) is 0 Å². The van der Waals surface area contributed by atoms with E-state index in [1.807, 2.05) is 12.1 Å². The molecule has 2 heterocycles. The quantitative estimate of drug-likeness (QED) is 0.852. The summed E-state index contributed by atoms with van der Waals surface area (Å²) in [7, 11) is 0. The van der Waals surface area contributed by atoms with E-state index in [2.05, 4.69) is 34.7 Å². The van der Waals surface area contributed by atoms with Crippen LogP contribution in [0, 0.1) is 0 Å². The van der Waals surface area contributed by atoms with E-state index in [4.69, 9.17) is 22.1 Å². The van der Waals surface area contributed by atoms with Crippen molar-refractivity contribution in [1.82, 2.24) is 14.8 Å². The predicted molar refractivity (Wildman–Crippen MR) is 108 cm³/mol. The molecule has 2 N–H and O–H groups in total. The minimum atomic E-state index is 0.0394. The molecule has 1 aliphatic heterocycles. The molecule has 0 amide bonds. The van der Waals surface area contributed by atoms with Crippen LogP contribution < -0.4 is 5.73 Å². The molecular weight excluding hydrogens is 360 g/mol. The van der Waals surface area contributed by atoms with Gasteiger partial charge in [0.1, 0.15) is 11.6 Å². The number of rotatable bonds is 4. The highest BCUT2D eigenvalue weighted by Gasteiger charge is 2.37. The number of fused-ring (bicyclic) bond motifs is 3. The van der Waals surface area contributed by atoms with E-state index in [-0.39, 0.29) is 11.6 Å². The number of aromatic nitrogens is 3. The topological polar surface area (TPSA) is 66.0 Å². The molecule has 1 aliphatic carbocycles. The Morgan fingerprint density at radius 1 is 1.22 bits per heavy atom. The molecule has 2 aromatic rings. The second-order valence-electron chi connectivity index (χ2n) is 8.00. The van der Waals surface area contributed by atoms with Gasteiger partial charge >= 0.3 is 0 Å². The highest BCUT2D eigenvalue weighted by atomic mass is 35.5. The van der Waals surface area contributed by atoms with Crippen molar-refractivity contribution in [2.24, 2.45) is 5.73 Å². The summed E-state index contributed by atoms with van der Waals surface area (Å²) in [5, 5.41) is 9.90. The van der Waals surface area contributed by atoms with Gasteiger partial charge in [-0.15, -0.1) is 10.2 Å². The normalized spacial score (nSPS) is 27.7. The minimum Gasteiger partial charge on any atom is -0.375 e. The largest absolute Gasteiger partial charge is 0.375 e. The molecule has 0 spiro atoms. The fourth-order valence-electron chi connectivity index (χ4n) is 4.82. The summed E-state index contributed by atoms with van der Waals surface area (Å²) in [5.41, 5.74) is 8.71. The summed E-state index contributed by atoms with van der Waals surface area (Å²) >= 11 is 6.25. The predicted octanol–water partition coefficient (Wildman–Crippen LogP) is 4.19. The van der Waals surface area contributed by atoms with Gasteiger partial charge in [-0.25, -0.2) is 0 Å². The highest BCUT2D eigenvalue weighted by Crippen LogP contribution is 2.42. The summed E-state index contributed by atoms with van der Waals surface area (Å²) < 4.78 is 8.38. The number of nitrogens with two attached hydrogens (primary N) is 1. The van der Waals surface area contributed by atoms with Crippen LogP contribution >= 0.6 is 11.6 Å². The first-order valence-corrected chi connectivity index (χ1v) is 10.6. The fourth-order valence-corrected chi connectivity index (χ4v) is 5.02. The van der Waals surface area contributed by atoms with Crippen LogP contribution in [0.2, 0.25) is 5.02 Å². The van der Waals surface area contributed by atoms with Gasteiger partial charge in [0.05, 0.1) is 11.3 Å². The number of hydrogen-bond acceptors (Lipinski definition) is 4. The molecule has 1 atom stereocenters. The Morgan fingerprint density at radius 3 is 2.70 bits per heavy atom. The van der Waals surface area contributed by atoms with Gasteiger partial charge in [-0.05, 0) is 69.2 Å². The Labute approximate surface area is 166 Å². The average molecular weight is 389 g/mol. The van der Waals surface area contributed by atoms with Gasteiger partial charge in [-0.3, -0.25) is 4.57 Å². The molecule has 5 nitrogen and oxygen atoms in total. The third-order valence-corrected chi connectivity index (χ3v) is 6.56. The second kappa shape index (κ2) is 7.53. The molecule has 6 heteroatoms. The maximum absolute atomic E-state index is 6.35. The van der Waals surface area contributed by atoms with Crippen molar-refractivity contribution in [3.8, 4) is 5.69 Å². The van der Waals surface area contributed by atoms with Crippen molar-refractivity contribution in [3.63, 3.8) is 0 Å². The SMILES string of the molecule is CCOC1(CC)CCC(c2nnc3n2-c2ccc(Cl)cc2CC(N)C3)CC1. The van der Waals surface area contributed by atoms with Crippen molar-refractivity contribution in [2.75, 3.05) is 6.61 Å². The smallest absolute Gasteiger partial charge is 0.140 e. The number of nitrogens with zero attached hydrogens (tertiary/aromatic N) is 3. The van der Waals surface area contributed by atoms with Gasteiger partial charge in [-0.1, -0.05) is 18.5 Å². The monoisotopic (exact) mass is 388 g/mol. The molecule has 27 heavy (non-hydrogen) atoms. The Bertz CT molecular complexity index is 811. The Hall–Kier alpha value is -1.43. The van der Waals surface area contributed by atoms with Gasteiger partial charge in [0.15, 0.2) is 0 Å². The summed E-state index contributed by atoms with van der Waals surface area (Å²) in [6.45, 7) is 5.11. The summed E-state index contributed by atoms with van der Waals surface area (Å²) in [5.74, 6) is 2.45. The zero-order valence-corrected chi connectivity index (χ0v) is 17.0. The molecule has 2 aliphatic rings. The minimum absolute atomic E-state index is 0.0394. The molecule has 0 radical (unpaired) electrons. The van der Waals surface area contributed by atoms with E-state index in [0.717, 1.165) is 73.9 Å². The van der Waals surface area contributed by atoms with Gasteiger partial charge < -0.3 is 10.5 Å². The lowest BCUT2D eigenvalue weighted by molar-refractivity contribution is -0.0705. The van der Waals surface area contributed by atoms with E-state index < -0.39 is 0 Å². The Balaban J connectivity index is 1.67. The first-order valence-electron chi connectivity index (χ1n) is 10.2. The number of benzene rings is 1. The molecule has 4 rings (SSSR count). The first-order chi connectivity index (χ1) is 13.0. The third-order valence-electron chi connectivity index (χ3n) is 6.32. The molecular formula is C21H29ClN4O. The number of ether oxygens (including phenoxy) is 1. The Morgan fingerprint density at radius 2 is 2.00 bits per heavy atom. The molecule has 146 valence electrons. The van der Waals surface area contributed by atoms with Crippen LogP contribution in [0.25, 0.3) is 5.69 Å². The van der Waals surface area contributed by atoms with Gasteiger partial charge in [0.2, 0.25) is 0 Å². The summed E-state index contributed by atoms with van der Waals surface area (Å²) in [6, 6.07) is 6.11. The van der Waals surface area contributed by atoms with Crippen LogP contribution in [0.1, 0.15) is 69.1 Å². The number of hydrogen-bond donors (Lipinski definition) is 1. The van der Waals surface area contributed by atoms with E-state index in [1.54, 1.807) is 0 Å². The van der Waals surface area contributed by atoms with Gasteiger partial charge in [-0.2, -0.15) is 0 Å². The van der Waals surface area contributed by atoms with Gasteiger partial charge in [0, 0.05) is 30.0 Å². The maximum atomic E-state index is 6.35. The zero-order chi connectivity index (χ0) is 19.0. The maximum Gasteiger partial charge on any atom is 0.140 e. The standard InChI is InChI=1S/C21H29ClN4O/c1-3-21(27-4-2)9-7-14(8-10-21)20-25-24-19-13-17(23)12-15-11-16(22)5-6-18(15)26(19)20/h5-6,11,14,17H,3-4,7-10,12-13,23H2,1-2H3. The molecule has 1 saturated carbocycles. The number of halogens is 1. The average Bonchev–Trinajstić information content (AvgIpc) is 3.00. The molecule has 0 saturated heterocycles. The molecule has 1 aromatic heterocycles. The lowest BCUT2D eigenvalue weighted by atomic mass is 9.77. The molecule has 1 aromatic carbocycles. The summed E-state index contributed by atoms with van der Waals surface area (Å²) in [6.07, 6.45) is 6.95. The second-order valence-corrected chi connectivity index (χ2v) is 8.43. The first kappa shape index (κ1) is 18.9. The van der Waals surface area contributed by atoms with Crippen LogP contribution in [-0.4, -0.2) is 33.0 Å². The van der Waals surface area contributed by atoms with E-state index in [0.29, 0.717) is 5.92 Å². The molecule has 0 bridgehead atoms. The lowest BCUT2D eigenvalue weighted by Crippen LogP contribution is -2.36. The lowest BCUT2D eigenvalue weighted by Gasteiger charge is -2.39. The van der Waals surface area contributed by atoms with E-state index in [1.165, 1.54) is 5.56 Å². The van der Waals surface area contributed by atoms with Crippen molar-refractivity contribution in [3.05, 3.63) is 40.4 Å². The molecule has 1 unspecified atom stereocenters. The van der Waals surface area contributed by atoms with Crippen molar-refractivity contribution in [2.45, 2.75) is 76.4 Å².